The van der Waals surface area contributed by atoms with Crippen molar-refractivity contribution in [1.82, 2.24) is 9.55 Å². The van der Waals surface area contributed by atoms with E-state index in [0.717, 1.165) is 11.6 Å². The number of rotatable bonds is 2. The quantitative estimate of drug-likeness (QED) is 0.419. The first kappa shape index (κ1) is 22.7. The number of aromatic nitrogens is 2. The first-order chi connectivity index (χ1) is 15.9. The van der Waals surface area contributed by atoms with Crippen molar-refractivity contribution in [2.45, 2.75) is 65.0 Å². The maximum absolute atomic E-state index is 13.8. The molecular weight excluding hydrogens is 445 g/mol. The normalized spacial score (nSPS) is 19.3. The Bertz CT molecular complexity index is 1450. The molecule has 8 heteroatoms. The number of halogens is 3. The van der Waals surface area contributed by atoms with E-state index in [0.29, 0.717) is 33.5 Å². The van der Waals surface area contributed by atoms with E-state index in [1.807, 2.05) is 19.9 Å². The first-order valence-corrected chi connectivity index (χ1v) is 11.2. The molecule has 0 radical (unpaired) electrons. The summed E-state index contributed by atoms with van der Waals surface area (Å²) >= 11 is 0. The Morgan fingerprint density at radius 3 is 2.62 bits per heavy atom. The molecule has 5 rings (SSSR count). The van der Waals surface area contributed by atoms with E-state index in [-0.39, 0.29) is 47.9 Å². The van der Waals surface area contributed by atoms with Gasteiger partial charge in [0, 0.05) is 16.5 Å². The third-order valence-electron chi connectivity index (χ3n) is 7.17. The van der Waals surface area contributed by atoms with Gasteiger partial charge < -0.3 is 14.4 Å². The molecule has 0 bridgehead atoms. The summed E-state index contributed by atoms with van der Waals surface area (Å²) in [4.78, 5) is 18.0. The third kappa shape index (κ3) is 2.97. The van der Waals surface area contributed by atoms with Gasteiger partial charge in [0.15, 0.2) is 0 Å². The van der Waals surface area contributed by atoms with E-state index < -0.39 is 17.3 Å². The van der Waals surface area contributed by atoms with Crippen LogP contribution in [0.25, 0.3) is 22.3 Å². The summed E-state index contributed by atoms with van der Waals surface area (Å²) in [5.41, 5.74) is 0.971. The highest BCUT2D eigenvalue weighted by Gasteiger charge is 2.41. The highest BCUT2D eigenvalue weighted by molar-refractivity contribution is 5.89. The lowest BCUT2D eigenvalue weighted by Crippen LogP contribution is -2.38. The van der Waals surface area contributed by atoms with Crippen molar-refractivity contribution in [2.75, 3.05) is 0 Å². The molecule has 0 saturated carbocycles. The molecule has 2 aliphatic heterocycles. The van der Waals surface area contributed by atoms with E-state index in [2.05, 4.69) is 11.6 Å². The second-order valence-corrected chi connectivity index (χ2v) is 9.42. The smallest absolute Gasteiger partial charge is 0.416 e. The van der Waals surface area contributed by atoms with Crippen molar-refractivity contribution in [3.8, 4) is 11.4 Å². The van der Waals surface area contributed by atoms with Gasteiger partial charge in [-0.2, -0.15) is 13.2 Å². The molecule has 4 heterocycles. The number of aliphatic hydroxyl groups is 1. The molecule has 0 spiro atoms. The fraction of sp³-hybridized carbons (Fsp3) is 0.385. The largest absolute Gasteiger partial charge is 0.490 e. The Morgan fingerprint density at radius 2 is 2.00 bits per heavy atom. The minimum atomic E-state index is -4.51. The topological polar surface area (TPSA) is 64.4 Å². The van der Waals surface area contributed by atoms with Gasteiger partial charge in [-0.1, -0.05) is 27.4 Å². The first-order valence-electron chi connectivity index (χ1n) is 11.2. The zero-order chi connectivity index (χ0) is 24.7. The number of fused-ring (bicyclic) bond motifs is 5. The number of nitrogens with zero attached hydrogens (tertiary/aromatic N) is 2. The highest BCUT2D eigenvalue weighted by Crippen LogP contribution is 2.44. The van der Waals surface area contributed by atoms with Crippen LogP contribution in [-0.4, -0.2) is 14.7 Å². The van der Waals surface area contributed by atoms with Crippen LogP contribution in [-0.2, 0) is 29.7 Å². The van der Waals surface area contributed by atoms with Crippen LogP contribution in [0.1, 0.15) is 66.5 Å². The van der Waals surface area contributed by atoms with Crippen molar-refractivity contribution in [1.29, 1.82) is 0 Å². The van der Waals surface area contributed by atoms with E-state index in [9.17, 15) is 23.1 Å². The average Bonchev–Trinajstić information content (AvgIpc) is 3.11. The molecule has 0 saturated heterocycles. The fourth-order valence-electron chi connectivity index (χ4n) is 5.41. The predicted molar refractivity (Wildman–Crippen MR) is 122 cm³/mol. The standard InChI is InChI=1S/C26H25F3N2O3/c1-6-25(33)14(5)34-11-17-19(25)9-21-23-15(10-31(21)24(17)32)7-16-20(30-23)8-18(26(27,28)29)13(4)22(16)12(2)3/h7-9,12,33H,5-6,10-11H2,1-4H3/t25-/m1/s1. The molecule has 2 aromatic heterocycles. The summed E-state index contributed by atoms with van der Waals surface area (Å²) in [7, 11) is 0. The molecule has 0 aliphatic carbocycles. The lowest BCUT2D eigenvalue weighted by atomic mass is 9.84. The monoisotopic (exact) mass is 470 g/mol. The zero-order valence-corrected chi connectivity index (χ0v) is 19.4. The molecule has 1 N–H and O–H groups in total. The van der Waals surface area contributed by atoms with E-state index >= 15 is 0 Å². The van der Waals surface area contributed by atoms with E-state index in [1.54, 1.807) is 17.6 Å². The molecule has 2 aliphatic rings. The Kier molecular flexibility index (Phi) is 4.79. The fourth-order valence-corrected chi connectivity index (χ4v) is 5.41. The van der Waals surface area contributed by atoms with Crippen LogP contribution < -0.4 is 5.56 Å². The maximum Gasteiger partial charge on any atom is 0.416 e. The number of alkyl halides is 3. The van der Waals surface area contributed by atoms with Crippen LogP contribution in [0.5, 0.6) is 0 Å². The minimum absolute atomic E-state index is 0.00692. The van der Waals surface area contributed by atoms with Gasteiger partial charge in [0.1, 0.15) is 18.0 Å². The SMILES string of the molecule is C=C1OCc2c(cc3n(c2=O)Cc2cc4c(C(C)C)c(C)c(C(F)(F)F)cc4nc2-3)[C@@]1(O)CC. The van der Waals surface area contributed by atoms with Crippen LogP contribution in [0.4, 0.5) is 13.2 Å². The van der Waals surface area contributed by atoms with Gasteiger partial charge in [-0.3, -0.25) is 4.79 Å². The number of hydrogen-bond donors (Lipinski definition) is 1. The molecule has 34 heavy (non-hydrogen) atoms. The molecule has 0 amide bonds. The lowest BCUT2D eigenvalue weighted by Gasteiger charge is -2.35. The van der Waals surface area contributed by atoms with Crippen LogP contribution >= 0.6 is 0 Å². The molecule has 3 aromatic rings. The second kappa shape index (κ2) is 7.18. The summed E-state index contributed by atoms with van der Waals surface area (Å²) < 4.78 is 48.5. The Balaban J connectivity index is 1.81. The Labute approximate surface area is 194 Å². The van der Waals surface area contributed by atoms with E-state index in [4.69, 9.17) is 4.74 Å². The molecule has 1 aromatic carbocycles. The number of benzene rings is 1. The Hall–Kier alpha value is -3.13. The molecule has 1 atom stereocenters. The third-order valence-corrected chi connectivity index (χ3v) is 7.17. The molecular formula is C26H25F3N2O3. The van der Waals surface area contributed by atoms with Gasteiger partial charge >= 0.3 is 6.18 Å². The summed E-state index contributed by atoms with van der Waals surface area (Å²) in [6.45, 7) is 11.1. The number of ether oxygens (including phenoxy) is 1. The van der Waals surface area contributed by atoms with Gasteiger partial charge in [-0.25, -0.2) is 4.98 Å². The van der Waals surface area contributed by atoms with Crippen molar-refractivity contribution in [2.24, 2.45) is 0 Å². The predicted octanol–water partition coefficient (Wildman–Crippen LogP) is 5.52. The minimum Gasteiger partial charge on any atom is -0.490 e. The van der Waals surface area contributed by atoms with Gasteiger partial charge in [0.2, 0.25) is 0 Å². The van der Waals surface area contributed by atoms with Crippen LogP contribution in [0.3, 0.4) is 0 Å². The van der Waals surface area contributed by atoms with Gasteiger partial charge in [-0.15, -0.1) is 0 Å². The van der Waals surface area contributed by atoms with Crippen molar-refractivity contribution >= 4 is 10.9 Å². The van der Waals surface area contributed by atoms with Gasteiger partial charge in [0.05, 0.1) is 34.6 Å². The molecule has 178 valence electrons. The van der Waals surface area contributed by atoms with Crippen molar-refractivity contribution < 1.29 is 23.0 Å². The Morgan fingerprint density at radius 1 is 1.29 bits per heavy atom. The molecule has 5 nitrogen and oxygen atoms in total. The van der Waals surface area contributed by atoms with E-state index in [1.165, 1.54) is 6.92 Å². The lowest BCUT2D eigenvalue weighted by molar-refractivity contribution is -0.138. The van der Waals surface area contributed by atoms with Crippen molar-refractivity contribution in [3.05, 3.63) is 74.3 Å². The highest BCUT2D eigenvalue weighted by atomic mass is 19.4. The summed E-state index contributed by atoms with van der Waals surface area (Å²) in [6, 6.07) is 4.65. The average molecular weight is 470 g/mol. The van der Waals surface area contributed by atoms with Gasteiger partial charge in [0.25, 0.3) is 5.56 Å². The zero-order valence-electron chi connectivity index (χ0n) is 19.4. The molecule has 0 unspecified atom stereocenters. The van der Waals surface area contributed by atoms with Crippen LogP contribution in [0.2, 0.25) is 0 Å². The van der Waals surface area contributed by atoms with Crippen LogP contribution in [0, 0.1) is 6.92 Å². The molecule has 0 fully saturated rings. The number of hydrogen-bond acceptors (Lipinski definition) is 4. The summed E-state index contributed by atoms with van der Waals surface area (Å²) in [6.07, 6.45) is -4.25. The second-order valence-electron chi connectivity index (χ2n) is 9.42. The van der Waals surface area contributed by atoms with Crippen molar-refractivity contribution in [3.63, 3.8) is 0 Å². The number of pyridine rings is 2. The summed E-state index contributed by atoms with van der Waals surface area (Å²) in [5, 5.41) is 11.9. The maximum atomic E-state index is 13.8. The van der Waals surface area contributed by atoms with Crippen LogP contribution in [0.15, 0.2) is 35.3 Å². The van der Waals surface area contributed by atoms with Gasteiger partial charge in [-0.05, 0) is 48.6 Å². The summed E-state index contributed by atoms with van der Waals surface area (Å²) in [5.74, 6) is 0.0228.